The molecule has 0 radical (unpaired) electrons. The molecule has 0 saturated carbocycles. The largest absolute Gasteiger partial charge is 0.478 e. The van der Waals surface area contributed by atoms with Gasteiger partial charge in [-0.15, -0.1) is 0 Å². The molecule has 2 rings (SSSR count). The Morgan fingerprint density at radius 2 is 1.73 bits per heavy atom. The summed E-state index contributed by atoms with van der Waals surface area (Å²) in [7, 11) is 0. The van der Waals surface area contributed by atoms with E-state index < -0.39 is 11.9 Å². The van der Waals surface area contributed by atoms with Crippen LogP contribution in [0.4, 0.5) is 5.69 Å². The van der Waals surface area contributed by atoms with Crippen LogP contribution in [0.25, 0.3) is 0 Å². The van der Waals surface area contributed by atoms with Gasteiger partial charge < -0.3 is 20.5 Å². The van der Waals surface area contributed by atoms with Gasteiger partial charge in [-0.2, -0.15) is 0 Å². The summed E-state index contributed by atoms with van der Waals surface area (Å²) in [5, 5.41) is 15.0. The fraction of sp³-hybridized carbons (Fsp3) is 0.211. The molecule has 0 aliphatic carbocycles. The first-order valence-corrected chi connectivity index (χ1v) is 8.41. The summed E-state index contributed by atoms with van der Waals surface area (Å²) < 4.78 is 5.44. The molecule has 0 unspecified atom stereocenters. The summed E-state index contributed by atoms with van der Waals surface area (Å²) in [6.45, 7) is 3.89. The number of carbonyl (C=O) groups is 2. The van der Waals surface area contributed by atoms with E-state index in [2.05, 4.69) is 10.6 Å². The summed E-state index contributed by atoms with van der Waals surface area (Å²) in [6, 6.07) is 13.4. The lowest BCUT2D eigenvalue weighted by molar-refractivity contribution is 0.0690. The van der Waals surface area contributed by atoms with Crippen molar-refractivity contribution >= 4 is 35.0 Å². The van der Waals surface area contributed by atoms with Gasteiger partial charge in [0.15, 0.2) is 0 Å². The molecule has 0 bridgehead atoms. The van der Waals surface area contributed by atoms with Gasteiger partial charge >= 0.3 is 5.97 Å². The van der Waals surface area contributed by atoms with E-state index in [1.54, 1.807) is 19.1 Å². The number of thiocarbonyl (C=S) groups is 1. The van der Waals surface area contributed by atoms with Crippen LogP contribution in [0.2, 0.25) is 0 Å². The van der Waals surface area contributed by atoms with Crippen LogP contribution in [-0.4, -0.2) is 34.8 Å². The Bertz CT molecular complexity index is 805. The maximum Gasteiger partial charge on any atom is 0.336 e. The molecule has 7 heteroatoms. The average molecular weight is 372 g/mol. The molecule has 0 heterocycles. The molecule has 1 amide bonds. The van der Waals surface area contributed by atoms with Gasteiger partial charge in [0.2, 0.25) is 0 Å². The van der Waals surface area contributed by atoms with Gasteiger partial charge in [0.1, 0.15) is 6.61 Å². The number of nitrogens with one attached hydrogen (secondary N) is 2. The van der Waals surface area contributed by atoms with Crippen molar-refractivity contribution in [2.45, 2.75) is 19.9 Å². The molecule has 3 N–H and O–H groups in total. The monoisotopic (exact) mass is 372 g/mol. The fourth-order valence-electron chi connectivity index (χ4n) is 2.20. The maximum atomic E-state index is 12.3. The van der Waals surface area contributed by atoms with E-state index in [-0.39, 0.29) is 29.0 Å². The molecule has 2 aromatic rings. The fourth-order valence-corrected chi connectivity index (χ4v) is 2.39. The first kappa shape index (κ1) is 19.4. The third kappa shape index (κ3) is 5.56. The van der Waals surface area contributed by atoms with E-state index in [4.69, 9.17) is 22.1 Å². The highest BCUT2D eigenvalue weighted by molar-refractivity contribution is 7.80. The number of anilines is 1. The molecular weight excluding hydrogens is 352 g/mol. The van der Waals surface area contributed by atoms with Gasteiger partial charge in [0.05, 0.1) is 17.2 Å². The quantitative estimate of drug-likeness (QED) is 0.675. The zero-order valence-corrected chi connectivity index (χ0v) is 15.3. The van der Waals surface area contributed by atoms with Crippen molar-refractivity contribution in [3.8, 4) is 0 Å². The molecule has 6 nitrogen and oxygen atoms in total. The number of benzene rings is 2. The van der Waals surface area contributed by atoms with Crippen LogP contribution in [0.5, 0.6) is 0 Å². The van der Waals surface area contributed by atoms with Gasteiger partial charge in [-0.05, 0) is 50.3 Å². The van der Waals surface area contributed by atoms with Crippen molar-refractivity contribution in [1.29, 1.82) is 0 Å². The zero-order chi connectivity index (χ0) is 19.1. The van der Waals surface area contributed by atoms with E-state index in [1.807, 2.05) is 31.2 Å². The number of hydrogen-bond acceptors (Lipinski definition) is 4. The Balaban J connectivity index is 1.85. The van der Waals surface area contributed by atoms with E-state index in [1.165, 1.54) is 12.1 Å². The van der Waals surface area contributed by atoms with Crippen LogP contribution in [0.15, 0.2) is 48.5 Å². The lowest BCUT2D eigenvalue weighted by Crippen LogP contribution is -2.37. The van der Waals surface area contributed by atoms with Crippen molar-refractivity contribution in [2.75, 3.05) is 11.9 Å². The first-order chi connectivity index (χ1) is 12.4. The normalized spacial score (nSPS) is 11.3. The smallest absolute Gasteiger partial charge is 0.336 e. The summed E-state index contributed by atoms with van der Waals surface area (Å²) in [5.41, 5.74) is 2.01. The molecule has 0 aliphatic heterocycles. The van der Waals surface area contributed by atoms with E-state index >= 15 is 0 Å². The second-order valence-electron chi connectivity index (χ2n) is 5.81. The number of aromatic carboxylic acids is 1. The molecule has 0 saturated heterocycles. The minimum Gasteiger partial charge on any atom is -0.478 e. The lowest BCUT2D eigenvalue weighted by Gasteiger charge is -2.16. The number of carboxylic acid groups (broad SMARTS) is 1. The predicted octanol–water partition coefficient (Wildman–Crippen LogP) is 3.23. The maximum absolute atomic E-state index is 12.3. The third-order valence-corrected chi connectivity index (χ3v) is 3.76. The van der Waals surface area contributed by atoms with Gasteiger partial charge in [0, 0.05) is 5.69 Å². The Hall–Kier alpha value is -2.93. The van der Waals surface area contributed by atoms with Gasteiger partial charge in [-0.25, -0.2) is 4.79 Å². The third-order valence-electron chi connectivity index (χ3n) is 3.54. The minimum absolute atomic E-state index is 0.0466. The minimum atomic E-state index is -1.15. The van der Waals surface area contributed by atoms with Crippen molar-refractivity contribution in [1.82, 2.24) is 5.32 Å². The number of hydrogen-bond donors (Lipinski definition) is 3. The molecule has 136 valence electrons. The van der Waals surface area contributed by atoms with E-state index in [0.29, 0.717) is 0 Å². The van der Waals surface area contributed by atoms with Crippen LogP contribution in [0.1, 0.15) is 33.2 Å². The van der Waals surface area contributed by atoms with Crippen LogP contribution in [0.3, 0.4) is 0 Å². The zero-order valence-electron chi connectivity index (χ0n) is 14.5. The summed E-state index contributed by atoms with van der Waals surface area (Å²) in [6.07, 6.45) is 0. The van der Waals surface area contributed by atoms with Crippen molar-refractivity contribution in [3.05, 3.63) is 65.2 Å². The van der Waals surface area contributed by atoms with E-state index in [0.717, 1.165) is 11.3 Å². The molecule has 1 atom stereocenters. The first-order valence-electron chi connectivity index (χ1n) is 8.00. The average Bonchev–Trinajstić information content (AvgIpc) is 2.62. The summed E-state index contributed by atoms with van der Waals surface area (Å²) in [4.78, 5) is 23.5. The Labute approximate surface area is 157 Å². The van der Waals surface area contributed by atoms with Crippen molar-refractivity contribution in [3.63, 3.8) is 0 Å². The topological polar surface area (TPSA) is 87.7 Å². The number of amides is 1. The van der Waals surface area contributed by atoms with Crippen LogP contribution < -0.4 is 10.6 Å². The summed E-state index contributed by atoms with van der Waals surface area (Å²) >= 11 is 5.13. The van der Waals surface area contributed by atoms with Crippen LogP contribution in [-0.2, 0) is 4.74 Å². The molecular formula is C19H20N2O4S. The standard InChI is InChI=1S/C19H20N2O4S/c1-12-7-9-14(10-8-12)21-19(26)25-11-13(2)20-17(22)15-5-3-4-6-16(15)18(23)24/h3-10,13H,11H2,1-2H3,(H,20,22)(H,21,26)(H,23,24)/t13-/m0/s1. The number of carboxylic acids is 1. The Morgan fingerprint density at radius 1 is 1.12 bits per heavy atom. The molecule has 0 aromatic heterocycles. The van der Waals surface area contributed by atoms with Gasteiger partial charge in [0.25, 0.3) is 11.1 Å². The number of aryl methyl sites for hydroxylation is 1. The number of rotatable bonds is 6. The second kappa shape index (κ2) is 8.96. The summed E-state index contributed by atoms with van der Waals surface area (Å²) in [5.74, 6) is -1.63. The highest BCUT2D eigenvalue weighted by Crippen LogP contribution is 2.10. The highest BCUT2D eigenvalue weighted by Gasteiger charge is 2.17. The SMILES string of the molecule is Cc1ccc(NC(=S)OC[C@H](C)NC(=O)c2ccccc2C(=O)O)cc1. The molecule has 0 fully saturated rings. The molecule has 2 aromatic carbocycles. The van der Waals surface area contributed by atoms with Crippen LogP contribution in [0, 0.1) is 6.92 Å². The number of carbonyl (C=O) groups excluding carboxylic acids is 1. The molecule has 0 aliphatic rings. The molecule has 0 spiro atoms. The highest BCUT2D eigenvalue weighted by atomic mass is 32.1. The Morgan fingerprint density at radius 3 is 2.35 bits per heavy atom. The second-order valence-corrected chi connectivity index (χ2v) is 6.19. The van der Waals surface area contributed by atoms with Gasteiger partial charge in [-0.1, -0.05) is 29.8 Å². The predicted molar refractivity (Wildman–Crippen MR) is 104 cm³/mol. The van der Waals surface area contributed by atoms with Crippen molar-refractivity contribution in [2.24, 2.45) is 0 Å². The van der Waals surface area contributed by atoms with Crippen LogP contribution >= 0.6 is 12.2 Å². The van der Waals surface area contributed by atoms with Gasteiger partial charge in [-0.3, -0.25) is 4.79 Å². The Kier molecular flexibility index (Phi) is 6.68. The molecule has 26 heavy (non-hydrogen) atoms. The van der Waals surface area contributed by atoms with Crippen molar-refractivity contribution < 1.29 is 19.4 Å². The van der Waals surface area contributed by atoms with E-state index in [9.17, 15) is 9.59 Å². The number of ether oxygens (including phenoxy) is 1. The lowest BCUT2D eigenvalue weighted by atomic mass is 10.1.